The Balaban J connectivity index is 1.50. The first-order valence-electron chi connectivity index (χ1n) is 11.2. The molecule has 0 radical (unpaired) electrons. The summed E-state index contributed by atoms with van der Waals surface area (Å²) in [4.78, 5) is 51.4. The molecular weight excluding hydrogens is 578 g/mol. The molecule has 1 fully saturated rings. The molecule has 3 aromatic carbocycles. The maximum Gasteiger partial charge on any atom is 0.335 e. The van der Waals surface area contributed by atoms with Crippen LogP contribution >= 0.6 is 27.5 Å². The zero-order chi connectivity index (χ0) is 27.4. The van der Waals surface area contributed by atoms with Gasteiger partial charge in [-0.3, -0.25) is 19.7 Å². The van der Waals surface area contributed by atoms with E-state index in [1.54, 1.807) is 67.6 Å². The molecular formula is C27H21BrClN3O6. The van der Waals surface area contributed by atoms with Gasteiger partial charge in [-0.1, -0.05) is 35.9 Å². The number of rotatable bonds is 7. The van der Waals surface area contributed by atoms with Crippen LogP contribution in [0, 0.1) is 6.92 Å². The second-order valence-electron chi connectivity index (χ2n) is 8.07. The van der Waals surface area contributed by atoms with E-state index in [1.165, 1.54) is 13.2 Å². The van der Waals surface area contributed by atoms with Crippen LogP contribution in [0.5, 0.6) is 11.5 Å². The van der Waals surface area contributed by atoms with E-state index in [2.05, 4.69) is 26.6 Å². The molecule has 0 bridgehead atoms. The Kier molecular flexibility index (Phi) is 8.13. The molecule has 1 saturated heterocycles. The van der Waals surface area contributed by atoms with Crippen LogP contribution in [0.2, 0.25) is 5.02 Å². The van der Waals surface area contributed by atoms with E-state index < -0.39 is 23.8 Å². The summed E-state index contributed by atoms with van der Waals surface area (Å²) >= 11 is 9.54. The molecule has 0 aliphatic carbocycles. The first kappa shape index (κ1) is 26.9. The summed E-state index contributed by atoms with van der Waals surface area (Å²) in [5, 5.41) is 5.28. The fraction of sp³-hybridized carbons (Fsp3) is 0.111. The van der Waals surface area contributed by atoms with Crippen molar-refractivity contribution in [1.82, 2.24) is 5.32 Å². The highest BCUT2D eigenvalue weighted by Crippen LogP contribution is 2.31. The minimum absolute atomic E-state index is 0.235. The van der Waals surface area contributed by atoms with Gasteiger partial charge in [0, 0.05) is 5.02 Å². The number of amides is 5. The number of nitrogens with zero attached hydrogens (tertiary/aromatic N) is 1. The number of hydrogen-bond acceptors (Lipinski definition) is 6. The van der Waals surface area contributed by atoms with Crippen molar-refractivity contribution in [3.05, 3.63) is 86.9 Å². The van der Waals surface area contributed by atoms with Crippen LogP contribution in [-0.2, 0) is 14.4 Å². The van der Waals surface area contributed by atoms with Crippen molar-refractivity contribution in [1.29, 1.82) is 0 Å². The number of halogens is 2. The van der Waals surface area contributed by atoms with E-state index in [9.17, 15) is 19.2 Å². The van der Waals surface area contributed by atoms with Crippen molar-refractivity contribution in [3.63, 3.8) is 0 Å². The predicted octanol–water partition coefficient (Wildman–Crippen LogP) is 5.10. The molecule has 0 unspecified atom stereocenters. The number of methoxy groups -OCH3 is 1. The zero-order valence-electron chi connectivity index (χ0n) is 20.2. The molecule has 0 aromatic heterocycles. The summed E-state index contributed by atoms with van der Waals surface area (Å²) in [5.74, 6) is -1.10. The summed E-state index contributed by atoms with van der Waals surface area (Å²) in [7, 11) is 1.51. The zero-order valence-corrected chi connectivity index (χ0v) is 22.6. The summed E-state index contributed by atoms with van der Waals surface area (Å²) in [6, 6.07) is 15.8. The van der Waals surface area contributed by atoms with Crippen LogP contribution in [0.15, 0.2) is 70.7 Å². The van der Waals surface area contributed by atoms with E-state index in [4.69, 9.17) is 21.1 Å². The number of imide groups is 2. The van der Waals surface area contributed by atoms with Crippen molar-refractivity contribution in [2.45, 2.75) is 6.92 Å². The first-order valence-corrected chi connectivity index (χ1v) is 12.4. The minimum atomic E-state index is -0.862. The second-order valence-corrected chi connectivity index (χ2v) is 9.33. The number of carbonyl (C=O) groups excluding carboxylic acids is 4. The van der Waals surface area contributed by atoms with E-state index in [0.717, 1.165) is 4.90 Å². The van der Waals surface area contributed by atoms with Crippen LogP contribution in [0.1, 0.15) is 11.1 Å². The molecule has 3 aromatic rings. The highest BCUT2D eigenvalue weighted by Gasteiger charge is 2.37. The van der Waals surface area contributed by atoms with Gasteiger partial charge in [0.15, 0.2) is 6.61 Å². The van der Waals surface area contributed by atoms with Crippen molar-refractivity contribution >= 4 is 68.7 Å². The van der Waals surface area contributed by atoms with Gasteiger partial charge in [-0.05, 0) is 76.5 Å². The van der Waals surface area contributed by atoms with Gasteiger partial charge in [0.25, 0.3) is 17.7 Å². The molecule has 2 N–H and O–H groups in total. The average Bonchev–Trinajstić information content (AvgIpc) is 2.88. The molecule has 11 heteroatoms. The third kappa shape index (κ3) is 5.71. The highest BCUT2D eigenvalue weighted by atomic mass is 79.9. The highest BCUT2D eigenvalue weighted by molar-refractivity contribution is 9.10. The van der Waals surface area contributed by atoms with Gasteiger partial charge >= 0.3 is 6.03 Å². The minimum Gasteiger partial charge on any atom is -0.495 e. The van der Waals surface area contributed by atoms with Gasteiger partial charge in [0.05, 0.1) is 23.0 Å². The topological polar surface area (TPSA) is 114 Å². The lowest BCUT2D eigenvalue weighted by Gasteiger charge is -2.27. The Morgan fingerprint density at radius 2 is 1.84 bits per heavy atom. The maximum absolute atomic E-state index is 13.2. The van der Waals surface area contributed by atoms with Gasteiger partial charge in [0.2, 0.25) is 0 Å². The molecule has 0 saturated carbocycles. The molecule has 194 valence electrons. The van der Waals surface area contributed by atoms with Crippen molar-refractivity contribution in [3.8, 4) is 11.5 Å². The predicted molar refractivity (Wildman–Crippen MR) is 146 cm³/mol. The lowest BCUT2D eigenvalue weighted by molar-refractivity contribution is -0.122. The molecule has 0 spiro atoms. The van der Waals surface area contributed by atoms with Crippen molar-refractivity contribution in [2.24, 2.45) is 0 Å². The molecule has 1 aliphatic heterocycles. The average molecular weight is 599 g/mol. The summed E-state index contributed by atoms with van der Waals surface area (Å²) < 4.78 is 11.3. The lowest BCUT2D eigenvalue weighted by atomic mass is 10.1. The van der Waals surface area contributed by atoms with Gasteiger partial charge in [0.1, 0.15) is 17.1 Å². The molecule has 1 aliphatic rings. The normalized spacial score (nSPS) is 14.4. The summed E-state index contributed by atoms with van der Waals surface area (Å²) in [6.07, 6.45) is 1.36. The van der Waals surface area contributed by atoms with Crippen molar-refractivity contribution in [2.75, 3.05) is 23.9 Å². The van der Waals surface area contributed by atoms with Gasteiger partial charge in [-0.15, -0.1) is 0 Å². The summed E-state index contributed by atoms with van der Waals surface area (Å²) in [5.41, 5.74) is 1.56. The van der Waals surface area contributed by atoms with Crippen LogP contribution in [0.25, 0.3) is 6.08 Å². The fourth-order valence-electron chi connectivity index (χ4n) is 3.68. The first-order chi connectivity index (χ1) is 18.2. The van der Waals surface area contributed by atoms with Gasteiger partial charge in [-0.2, -0.15) is 0 Å². The smallest absolute Gasteiger partial charge is 0.335 e. The third-order valence-corrected chi connectivity index (χ3v) is 6.62. The van der Waals surface area contributed by atoms with Crippen LogP contribution < -0.4 is 25.0 Å². The fourth-order valence-corrected chi connectivity index (χ4v) is 4.36. The maximum atomic E-state index is 13.2. The number of nitrogens with one attached hydrogen (secondary N) is 2. The Morgan fingerprint density at radius 1 is 1.08 bits per heavy atom. The number of barbiturate groups is 1. The lowest BCUT2D eigenvalue weighted by Crippen LogP contribution is -2.54. The SMILES string of the molecule is COc1ccccc1NC(=O)COc1ccc(/C=C2/C(=O)NC(=O)N(c3cccc(Cl)c3C)C2=O)cc1Br. The quantitative estimate of drug-likeness (QED) is 0.289. The van der Waals surface area contributed by atoms with Gasteiger partial charge in [-0.25, -0.2) is 9.69 Å². The number of carbonyl (C=O) groups is 4. The Morgan fingerprint density at radius 3 is 2.58 bits per heavy atom. The largest absolute Gasteiger partial charge is 0.495 e. The van der Waals surface area contributed by atoms with E-state index in [0.29, 0.717) is 37.8 Å². The molecule has 1 heterocycles. The van der Waals surface area contributed by atoms with E-state index >= 15 is 0 Å². The van der Waals surface area contributed by atoms with Crippen LogP contribution in [0.4, 0.5) is 16.2 Å². The van der Waals surface area contributed by atoms with Crippen LogP contribution in [-0.4, -0.2) is 37.5 Å². The Labute approximate surface area is 231 Å². The monoisotopic (exact) mass is 597 g/mol. The molecule has 38 heavy (non-hydrogen) atoms. The Hall–Kier alpha value is -4.15. The Bertz CT molecular complexity index is 1490. The van der Waals surface area contributed by atoms with E-state index in [1.807, 2.05) is 0 Å². The molecule has 5 amide bonds. The number of anilines is 2. The number of benzene rings is 3. The van der Waals surface area contributed by atoms with E-state index in [-0.39, 0.29) is 17.9 Å². The van der Waals surface area contributed by atoms with Crippen molar-refractivity contribution < 1.29 is 28.7 Å². The number of hydrogen-bond donors (Lipinski definition) is 2. The molecule has 9 nitrogen and oxygen atoms in total. The molecule has 4 rings (SSSR count). The number of urea groups is 1. The molecule has 0 atom stereocenters. The second kappa shape index (κ2) is 11.5. The standard InChI is InChI=1S/C27H21BrClN3O6/c1-15-19(29)6-5-8-21(15)32-26(35)17(25(34)31-27(32)36)12-16-10-11-22(18(28)13-16)38-14-24(33)30-20-7-3-4-9-23(20)37-2/h3-13H,14H2,1-2H3,(H,30,33)(H,31,34,36)/b17-12-. The number of para-hydroxylation sites is 2. The van der Waals surface area contributed by atoms with Gasteiger partial charge < -0.3 is 14.8 Å². The summed E-state index contributed by atoms with van der Waals surface area (Å²) in [6.45, 7) is 1.40. The third-order valence-electron chi connectivity index (χ3n) is 5.59. The number of ether oxygens (including phenoxy) is 2. The van der Waals surface area contributed by atoms with Crippen LogP contribution in [0.3, 0.4) is 0 Å².